The van der Waals surface area contributed by atoms with Gasteiger partial charge in [0.05, 0.1) is 0 Å². The zero-order valence-corrected chi connectivity index (χ0v) is 14.0. The topological polar surface area (TPSA) is 38.3 Å². The normalized spacial score (nSPS) is 11.9. The Bertz CT molecular complexity index is 674. The van der Waals surface area contributed by atoms with Gasteiger partial charge in [0.25, 0.3) is 5.91 Å². The summed E-state index contributed by atoms with van der Waals surface area (Å²) < 4.78 is 5.73. The van der Waals surface area contributed by atoms with Crippen molar-refractivity contribution in [2.75, 3.05) is 5.32 Å². The molecule has 1 atom stereocenters. The van der Waals surface area contributed by atoms with E-state index in [2.05, 4.69) is 5.32 Å². The Morgan fingerprint density at radius 1 is 1.09 bits per heavy atom. The van der Waals surface area contributed by atoms with Crippen molar-refractivity contribution < 1.29 is 9.53 Å². The molecule has 0 aromatic heterocycles. The number of anilines is 1. The third-order valence-electron chi connectivity index (χ3n) is 3.49. The van der Waals surface area contributed by atoms with Crippen LogP contribution in [0.3, 0.4) is 0 Å². The summed E-state index contributed by atoms with van der Waals surface area (Å²) in [4.78, 5) is 12.2. The standard InChI is InChI=1S/C18H20ClNO2/c1-11-7-5-6-8-16(11)20-18(21)14(4)22-15-9-12(2)17(19)13(3)10-15/h5-10,14H,1-4H3,(H,20,21). The Kier molecular flexibility index (Phi) is 5.09. The number of amides is 1. The lowest BCUT2D eigenvalue weighted by Gasteiger charge is -2.17. The first-order valence-corrected chi connectivity index (χ1v) is 7.56. The second-order valence-electron chi connectivity index (χ2n) is 5.44. The first-order chi connectivity index (χ1) is 10.4. The van der Waals surface area contributed by atoms with E-state index >= 15 is 0 Å². The monoisotopic (exact) mass is 317 g/mol. The Morgan fingerprint density at radius 2 is 1.68 bits per heavy atom. The van der Waals surface area contributed by atoms with E-state index in [-0.39, 0.29) is 5.91 Å². The van der Waals surface area contributed by atoms with Crippen LogP contribution in [0.5, 0.6) is 5.75 Å². The lowest BCUT2D eigenvalue weighted by atomic mass is 10.1. The van der Waals surface area contributed by atoms with E-state index in [1.54, 1.807) is 6.92 Å². The molecule has 3 nitrogen and oxygen atoms in total. The molecule has 0 aliphatic rings. The third kappa shape index (κ3) is 3.80. The summed E-state index contributed by atoms with van der Waals surface area (Å²) in [7, 11) is 0. The molecule has 0 saturated carbocycles. The smallest absolute Gasteiger partial charge is 0.265 e. The van der Waals surface area contributed by atoms with Crippen LogP contribution in [0.15, 0.2) is 36.4 Å². The number of halogens is 1. The highest BCUT2D eigenvalue weighted by Gasteiger charge is 2.16. The van der Waals surface area contributed by atoms with Crippen LogP contribution in [0.1, 0.15) is 23.6 Å². The van der Waals surface area contributed by atoms with E-state index in [1.165, 1.54) is 0 Å². The Morgan fingerprint density at radius 3 is 2.27 bits per heavy atom. The second-order valence-corrected chi connectivity index (χ2v) is 5.81. The molecule has 1 amide bonds. The summed E-state index contributed by atoms with van der Waals surface area (Å²) in [6, 6.07) is 11.3. The van der Waals surface area contributed by atoms with Gasteiger partial charge in [-0.15, -0.1) is 0 Å². The first-order valence-electron chi connectivity index (χ1n) is 7.18. The number of aryl methyl sites for hydroxylation is 3. The molecule has 0 bridgehead atoms. The number of rotatable bonds is 4. The lowest BCUT2D eigenvalue weighted by molar-refractivity contribution is -0.122. The van der Waals surface area contributed by atoms with E-state index in [4.69, 9.17) is 16.3 Å². The maximum absolute atomic E-state index is 12.2. The van der Waals surface area contributed by atoms with E-state index < -0.39 is 6.10 Å². The van der Waals surface area contributed by atoms with Crippen molar-refractivity contribution in [3.05, 3.63) is 58.1 Å². The summed E-state index contributed by atoms with van der Waals surface area (Å²) >= 11 is 6.14. The quantitative estimate of drug-likeness (QED) is 0.889. The van der Waals surface area contributed by atoms with Crippen LogP contribution in [-0.4, -0.2) is 12.0 Å². The van der Waals surface area contributed by atoms with Gasteiger partial charge in [-0.25, -0.2) is 0 Å². The van der Waals surface area contributed by atoms with Crippen LogP contribution in [-0.2, 0) is 4.79 Å². The number of para-hydroxylation sites is 1. The van der Waals surface area contributed by atoms with Gasteiger partial charge in [0.15, 0.2) is 6.10 Å². The largest absolute Gasteiger partial charge is 0.481 e. The summed E-state index contributed by atoms with van der Waals surface area (Å²) in [5.74, 6) is 0.464. The van der Waals surface area contributed by atoms with Crippen molar-refractivity contribution in [3.63, 3.8) is 0 Å². The molecule has 0 radical (unpaired) electrons. The zero-order chi connectivity index (χ0) is 16.3. The Labute approximate surface area is 136 Å². The minimum atomic E-state index is -0.598. The van der Waals surface area contributed by atoms with Crippen molar-refractivity contribution >= 4 is 23.2 Å². The molecule has 0 aliphatic heterocycles. The van der Waals surface area contributed by atoms with Gasteiger partial charge in [-0.3, -0.25) is 4.79 Å². The number of hydrogen-bond acceptors (Lipinski definition) is 2. The molecule has 1 unspecified atom stereocenters. The summed E-state index contributed by atoms with van der Waals surface area (Å²) in [6.45, 7) is 7.51. The van der Waals surface area contributed by atoms with E-state index in [0.29, 0.717) is 5.75 Å². The van der Waals surface area contributed by atoms with Gasteiger partial charge in [0.1, 0.15) is 5.75 Å². The Balaban J connectivity index is 2.07. The molecular weight excluding hydrogens is 298 g/mol. The highest BCUT2D eigenvalue weighted by Crippen LogP contribution is 2.26. The minimum absolute atomic E-state index is 0.181. The van der Waals surface area contributed by atoms with Gasteiger partial charge >= 0.3 is 0 Å². The third-order valence-corrected chi connectivity index (χ3v) is 4.09. The minimum Gasteiger partial charge on any atom is -0.481 e. The summed E-state index contributed by atoms with van der Waals surface area (Å²) in [6.07, 6.45) is -0.598. The molecular formula is C18H20ClNO2. The lowest BCUT2D eigenvalue weighted by Crippen LogP contribution is -2.30. The van der Waals surface area contributed by atoms with E-state index in [1.807, 2.05) is 57.2 Å². The molecule has 4 heteroatoms. The molecule has 2 aromatic rings. The molecule has 0 spiro atoms. The number of hydrogen-bond donors (Lipinski definition) is 1. The van der Waals surface area contributed by atoms with Gasteiger partial charge in [-0.05, 0) is 62.6 Å². The van der Waals surface area contributed by atoms with Crippen LogP contribution in [0, 0.1) is 20.8 Å². The molecule has 0 aliphatic carbocycles. The van der Waals surface area contributed by atoms with Crippen LogP contribution in [0.4, 0.5) is 5.69 Å². The molecule has 2 aromatic carbocycles. The molecule has 0 heterocycles. The SMILES string of the molecule is Cc1ccccc1NC(=O)C(C)Oc1cc(C)c(Cl)c(C)c1. The fraction of sp³-hybridized carbons (Fsp3) is 0.278. The maximum atomic E-state index is 12.2. The van der Waals surface area contributed by atoms with Crippen LogP contribution >= 0.6 is 11.6 Å². The van der Waals surface area contributed by atoms with Crippen molar-refractivity contribution in [3.8, 4) is 5.75 Å². The molecule has 2 rings (SSSR count). The fourth-order valence-electron chi connectivity index (χ4n) is 2.18. The summed E-state index contributed by atoms with van der Waals surface area (Å²) in [5, 5.41) is 3.61. The van der Waals surface area contributed by atoms with Crippen LogP contribution < -0.4 is 10.1 Å². The molecule has 0 fully saturated rings. The highest BCUT2D eigenvalue weighted by atomic mass is 35.5. The van der Waals surface area contributed by atoms with Crippen LogP contribution in [0.25, 0.3) is 0 Å². The van der Waals surface area contributed by atoms with Gasteiger partial charge in [-0.1, -0.05) is 29.8 Å². The molecule has 0 saturated heterocycles. The molecule has 22 heavy (non-hydrogen) atoms. The van der Waals surface area contributed by atoms with Crippen molar-refractivity contribution in [1.82, 2.24) is 0 Å². The van der Waals surface area contributed by atoms with E-state index in [9.17, 15) is 4.79 Å². The highest BCUT2D eigenvalue weighted by molar-refractivity contribution is 6.32. The fourth-order valence-corrected chi connectivity index (χ4v) is 2.29. The maximum Gasteiger partial charge on any atom is 0.265 e. The van der Waals surface area contributed by atoms with Gasteiger partial charge in [0, 0.05) is 10.7 Å². The number of carbonyl (C=O) groups excluding carboxylic acids is 1. The van der Waals surface area contributed by atoms with Gasteiger partial charge in [-0.2, -0.15) is 0 Å². The average Bonchev–Trinajstić information content (AvgIpc) is 2.47. The number of carbonyl (C=O) groups is 1. The van der Waals surface area contributed by atoms with E-state index in [0.717, 1.165) is 27.4 Å². The number of benzene rings is 2. The van der Waals surface area contributed by atoms with Crippen molar-refractivity contribution in [2.24, 2.45) is 0 Å². The van der Waals surface area contributed by atoms with Crippen molar-refractivity contribution in [1.29, 1.82) is 0 Å². The van der Waals surface area contributed by atoms with Crippen LogP contribution in [0.2, 0.25) is 5.02 Å². The van der Waals surface area contributed by atoms with Gasteiger partial charge in [0.2, 0.25) is 0 Å². The van der Waals surface area contributed by atoms with Gasteiger partial charge < -0.3 is 10.1 Å². The molecule has 116 valence electrons. The molecule has 1 N–H and O–H groups in total. The predicted octanol–water partition coefficient (Wildman–Crippen LogP) is 4.67. The predicted molar refractivity (Wildman–Crippen MR) is 90.8 cm³/mol. The van der Waals surface area contributed by atoms with Crippen molar-refractivity contribution in [2.45, 2.75) is 33.8 Å². The Hall–Kier alpha value is -2.00. The first kappa shape index (κ1) is 16.4. The number of nitrogens with one attached hydrogen (secondary N) is 1. The number of ether oxygens (including phenoxy) is 1. The zero-order valence-electron chi connectivity index (χ0n) is 13.2. The average molecular weight is 318 g/mol. The summed E-state index contributed by atoms with van der Waals surface area (Å²) in [5.41, 5.74) is 3.68. The second kappa shape index (κ2) is 6.84.